The van der Waals surface area contributed by atoms with Crippen LogP contribution in [0.4, 0.5) is 0 Å². The zero-order chi connectivity index (χ0) is 22.4. The third-order valence-electron chi connectivity index (χ3n) is 4.75. The number of nitrogens with one attached hydrogen (secondary N) is 1. The number of esters is 1. The summed E-state index contributed by atoms with van der Waals surface area (Å²) < 4.78 is 9.99. The van der Waals surface area contributed by atoms with Gasteiger partial charge in [-0.05, 0) is 28.8 Å². The first-order valence-corrected chi connectivity index (χ1v) is 9.82. The number of nitrogens with zero attached hydrogens (tertiary/aromatic N) is 4. The normalized spacial score (nSPS) is 11.8. The Bertz CT molecular complexity index is 1050. The summed E-state index contributed by atoms with van der Waals surface area (Å²) in [6, 6.07) is 13.9. The summed E-state index contributed by atoms with van der Waals surface area (Å²) in [5.74, 6) is 0.0336. The third-order valence-corrected chi connectivity index (χ3v) is 4.75. The first-order valence-electron chi connectivity index (χ1n) is 9.82. The molecule has 2 aromatic carbocycles. The highest BCUT2D eigenvalue weighted by Gasteiger charge is 2.27. The lowest BCUT2D eigenvalue weighted by Gasteiger charge is -2.19. The van der Waals surface area contributed by atoms with Gasteiger partial charge in [0.1, 0.15) is 11.3 Å². The molecule has 0 radical (unpaired) electrons. The molecule has 1 aromatic heterocycles. The zero-order valence-electron chi connectivity index (χ0n) is 17.9. The van der Waals surface area contributed by atoms with Gasteiger partial charge in [-0.2, -0.15) is 4.80 Å². The molecular weight excluding hydrogens is 398 g/mol. The minimum atomic E-state index is -0.636. The Labute approximate surface area is 180 Å². The molecule has 1 N–H and O–H groups in total. The Kier molecular flexibility index (Phi) is 6.96. The minimum absolute atomic E-state index is 0.0701. The number of aromatic nitrogens is 4. The lowest BCUT2D eigenvalue weighted by atomic mass is 10.0. The molecule has 1 atom stereocenters. The van der Waals surface area contributed by atoms with Gasteiger partial charge in [0.2, 0.25) is 11.7 Å². The summed E-state index contributed by atoms with van der Waals surface area (Å²) in [6.45, 7) is 4.05. The molecule has 1 amide bonds. The first kappa shape index (κ1) is 21.9. The SMILES string of the molecule is COC(=O)c1cc(CNC(=O)C(C(C)C)n2nnc(-c3ccccc3)n2)ccc1OC. The van der Waals surface area contributed by atoms with Gasteiger partial charge in [-0.1, -0.05) is 50.2 Å². The highest BCUT2D eigenvalue weighted by Crippen LogP contribution is 2.22. The molecule has 0 saturated carbocycles. The number of carbonyl (C=O) groups excluding carboxylic acids is 2. The van der Waals surface area contributed by atoms with E-state index in [-0.39, 0.29) is 18.4 Å². The van der Waals surface area contributed by atoms with E-state index in [0.29, 0.717) is 17.1 Å². The van der Waals surface area contributed by atoms with Crippen LogP contribution in [0.1, 0.15) is 35.8 Å². The van der Waals surface area contributed by atoms with E-state index in [2.05, 4.69) is 20.7 Å². The number of methoxy groups -OCH3 is 2. The van der Waals surface area contributed by atoms with Gasteiger partial charge < -0.3 is 14.8 Å². The van der Waals surface area contributed by atoms with Gasteiger partial charge in [-0.25, -0.2) is 4.79 Å². The predicted molar refractivity (Wildman–Crippen MR) is 113 cm³/mol. The molecule has 9 nitrogen and oxygen atoms in total. The van der Waals surface area contributed by atoms with Crippen LogP contribution in [0, 0.1) is 5.92 Å². The van der Waals surface area contributed by atoms with E-state index >= 15 is 0 Å². The lowest BCUT2D eigenvalue weighted by Crippen LogP contribution is -2.36. The lowest BCUT2D eigenvalue weighted by molar-refractivity contribution is -0.126. The van der Waals surface area contributed by atoms with E-state index in [4.69, 9.17) is 9.47 Å². The second-order valence-corrected chi connectivity index (χ2v) is 7.23. The van der Waals surface area contributed by atoms with Gasteiger partial charge in [-0.15, -0.1) is 10.2 Å². The van der Waals surface area contributed by atoms with Crippen molar-refractivity contribution in [3.63, 3.8) is 0 Å². The average molecular weight is 423 g/mol. The number of tetrazole rings is 1. The minimum Gasteiger partial charge on any atom is -0.496 e. The fraction of sp³-hybridized carbons (Fsp3) is 0.318. The van der Waals surface area contributed by atoms with Crippen molar-refractivity contribution in [3.8, 4) is 17.1 Å². The Morgan fingerprint density at radius 1 is 1.10 bits per heavy atom. The summed E-state index contributed by atoms with van der Waals surface area (Å²) in [5, 5.41) is 15.5. The number of ether oxygens (including phenoxy) is 2. The molecule has 0 aliphatic heterocycles. The van der Waals surface area contributed by atoms with E-state index in [1.807, 2.05) is 44.2 Å². The summed E-state index contributed by atoms with van der Waals surface area (Å²) in [7, 11) is 2.78. The zero-order valence-corrected chi connectivity index (χ0v) is 17.9. The number of hydrogen-bond acceptors (Lipinski definition) is 7. The van der Waals surface area contributed by atoms with Crippen molar-refractivity contribution < 1.29 is 19.1 Å². The molecule has 0 spiro atoms. The van der Waals surface area contributed by atoms with Crippen molar-refractivity contribution in [2.24, 2.45) is 5.92 Å². The van der Waals surface area contributed by atoms with Crippen molar-refractivity contribution in [1.82, 2.24) is 25.5 Å². The van der Waals surface area contributed by atoms with E-state index in [1.165, 1.54) is 19.0 Å². The van der Waals surface area contributed by atoms with Crippen LogP contribution < -0.4 is 10.1 Å². The number of benzene rings is 2. The monoisotopic (exact) mass is 423 g/mol. The van der Waals surface area contributed by atoms with E-state index in [0.717, 1.165) is 11.1 Å². The van der Waals surface area contributed by atoms with Crippen molar-refractivity contribution in [1.29, 1.82) is 0 Å². The standard InChI is InChI=1S/C22H25N5O4/c1-14(2)19(27-25-20(24-26-27)16-8-6-5-7-9-16)21(28)23-13-15-10-11-18(30-3)17(12-15)22(29)31-4/h5-12,14,19H,13H2,1-4H3,(H,23,28). The van der Waals surface area contributed by atoms with Crippen LogP contribution in [0.3, 0.4) is 0 Å². The second kappa shape index (κ2) is 9.84. The maximum absolute atomic E-state index is 12.9. The van der Waals surface area contributed by atoms with Crippen molar-refractivity contribution >= 4 is 11.9 Å². The fourth-order valence-corrected chi connectivity index (χ4v) is 3.15. The first-order chi connectivity index (χ1) is 14.9. The molecular formula is C22H25N5O4. The molecule has 3 rings (SSSR count). The Balaban J connectivity index is 1.75. The van der Waals surface area contributed by atoms with Crippen molar-refractivity contribution in [2.75, 3.05) is 14.2 Å². The highest BCUT2D eigenvalue weighted by atomic mass is 16.5. The predicted octanol–water partition coefficient (Wildman–Crippen LogP) is 2.65. The quantitative estimate of drug-likeness (QED) is 0.555. The maximum atomic E-state index is 12.9. The highest BCUT2D eigenvalue weighted by molar-refractivity contribution is 5.92. The summed E-state index contributed by atoms with van der Waals surface area (Å²) >= 11 is 0. The molecule has 1 heterocycles. The van der Waals surface area contributed by atoms with E-state index in [1.54, 1.807) is 18.2 Å². The summed E-state index contributed by atoms with van der Waals surface area (Å²) in [6.07, 6.45) is 0. The molecule has 3 aromatic rings. The summed E-state index contributed by atoms with van der Waals surface area (Å²) in [4.78, 5) is 26.3. The van der Waals surface area contributed by atoms with Gasteiger partial charge in [0.15, 0.2) is 6.04 Å². The van der Waals surface area contributed by atoms with E-state index in [9.17, 15) is 9.59 Å². The Morgan fingerprint density at radius 2 is 1.84 bits per heavy atom. The molecule has 31 heavy (non-hydrogen) atoms. The molecule has 0 aliphatic rings. The molecule has 0 saturated heterocycles. The van der Waals surface area contributed by atoms with Crippen LogP contribution in [0.2, 0.25) is 0 Å². The number of hydrogen-bond donors (Lipinski definition) is 1. The van der Waals surface area contributed by atoms with Crippen LogP contribution in [0.5, 0.6) is 5.75 Å². The van der Waals surface area contributed by atoms with E-state index < -0.39 is 12.0 Å². The van der Waals surface area contributed by atoms with Gasteiger partial charge in [0.05, 0.1) is 14.2 Å². The van der Waals surface area contributed by atoms with Crippen LogP contribution >= 0.6 is 0 Å². The summed E-state index contributed by atoms with van der Waals surface area (Å²) in [5.41, 5.74) is 1.85. The second-order valence-electron chi connectivity index (χ2n) is 7.23. The van der Waals surface area contributed by atoms with Crippen LogP contribution in [0.25, 0.3) is 11.4 Å². The number of amides is 1. The Hall–Kier alpha value is -3.75. The molecule has 0 aliphatic carbocycles. The molecule has 0 bridgehead atoms. The smallest absolute Gasteiger partial charge is 0.341 e. The molecule has 162 valence electrons. The van der Waals surface area contributed by atoms with Gasteiger partial charge in [0, 0.05) is 12.1 Å². The van der Waals surface area contributed by atoms with Gasteiger partial charge in [0.25, 0.3) is 0 Å². The van der Waals surface area contributed by atoms with Crippen LogP contribution in [-0.4, -0.2) is 46.3 Å². The van der Waals surface area contributed by atoms with Crippen LogP contribution in [0.15, 0.2) is 48.5 Å². The number of rotatable bonds is 8. The Morgan fingerprint density at radius 3 is 2.48 bits per heavy atom. The third kappa shape index (κ3) is 5.06. The fourth-order valence-electron chi connectivity index (χ4n) is 3.15. The molecule has 9 heteroatoms. The largest absolute Gasteiger partial charge is 0.496 e. The maximum Gasteiger partial charge on any atom is 0.341 e. The average Bonchev–Trinajstić information content (AvgIpc) is 3.27. The van der Waals surface area contributed by atoms with Gasteiger partial charge in [-0.3, -0.25) is 4.79 Å². The van der Waals surface area contributed by atoms with Crippen molar-refractivity contribution in [2.45, 2.75) is 26.4 Å². The molecule has 0 fully saturated rings. The van der Waals surface area contributed by atoms with Gasteiger partial charge >= 0.3 is 5.97 Å². The number of carbonyl (C=O) groups is 2. The molecule has 1 unspecified atom stereocenters. The van der Waals surface area contributed by atoms with Crippen molar-refractivity contribution in [3.05, 3.63) is 59.7 Å². The topological polar surface area (TPSA) is 108 Å². The van der Waals surface area contributed by atoms with Crippen LogP contribution in [-0.2, 0) is 16.1 Å².